The van der Waals surface area contributed by atoms with E-state index in [1.54, 1.807) is 54.2 Å². The van der Waals surface area contributed by atoms with Gasteiger partial charge in [-0.3, -0.25) is 4.79 Å². The zero-order valence-corrected chi connectivity index (χ0v) is 17.1. The molecule has 0 bridgehead atoms. The molecule has 0 spiro atoms. The Morgan fingerprint density at radius 3 is 2.39 bits per heavy atom. The van der Waals surface area contributed by atoms with Crippen LogP contribution in [0.2, 0.25) is 0 Å². The lowest BCUT2D eigenvalue weighted by atomic mass is 10.2. The topological polar surface area (TPSA) is 80.6 Å². The van der Waals surface area contributed by atoms with Crippen molar-refractivity contribution in [2.75, 3.05) is 0 Å². The first-order valence-corrected chi connectivity index (χ1v) is 9.42. The second-order valence-corrected chi connectivity index (χ2v) is 7.09. The number of benzene rings is 2. The quantitative estimate of drug-likeness (QED) is 0.401. The number of nitrogens with one attached hydrogen (secondary N) is 1. The summed E-state index contributed by atoms with van der Waals surface area (Å²) in [7, 11) is 1.71. The third-order valence-electron chi connectivity index (χ3n) is 3.91. The molecule has 1 heterocycles. The number of carbonyl (C=O) groups is 2. The summed E-state index contributed by atoms with van der Waals surface area (Å²) in [4.78, 5) is 23.8. The SMILES string of the molecule is Cn1cccc1C(=O)NC(=Cc1ccc(Oc2ccccc2I)cc1)C(=O)O. The summed E-state index contributed by atoms with van der Waals surface area (Å²) in [5, 5.41) is 11.9. The number of aliphatic carboxylic acids is 1. The van der Waals surface area contributed by atoms with Gasteiger partial charge in [-0.2, -0.15) is 0 Å². The third kappa shape index (κ3) is 4.80. The second kappa shape index (κ2) is 8.75. The monoisotopic (exact) mass is 488 g/mol. The number of hydrogen-bond donors (Lipinski definition) is 2. The number of hydrogen-bond acceptors (Lipinski definition) is 3. The Bertz CT molecular complexity index is 1040. The van der Waals surface area contributed by atoms with E-state index in [4.69, 9.17) is 4.74 Å². The molecule has 0 aliphatic heterocycles. The van der Waals surface area contributed by atoms with E-state index in [2.05, 4.69) is 27.9 Å². The first kappa shape index (κ1) is 19.7. The van der Waals surface area contributed by atoms with Crippen LogP contribution in [0.4, 0.5) is 0 Å². The second-order valence-electron chi connectivity index (χ2n) is 5.92. The molecule has 0 radical (unpaired) electrons. The highest BCUT2D eigenvalue weighted by molar-refractivity contribution is 14.1. The van der Waals surface area contributed by atoms with E-state index in [0.29, 0.717) is 17.0 Å². The number of aromatic nitrogens is 1. The van der Waals surface area contributed by atoms with Gasteiger partial charge in [0.15, 0.2) is 0 Å². The molecule has 0 unspecified atom stereocenters. The highest BCUT2D eigenvalue weighted by Gasteiger charge is 2.15. The zero-order valence-electron chi connectivity index (χ0n) is 14.9. The summed E-state index contributed by atoms with van der Waals surface area (Å²) in [6, 6.07) is 17.9. The van der Waals surface area contributed by atoms with Crippen LogP contribution >= 0.6 is 22.6 Å². The minimum absolute atomic E-state index is 0.211. The van der Waals surface area contributed by atoms with Gasteiger partial charge in [0.05, 0.1) is 3.57 Å². The van der Waals surface area contributed by atoms with Gasteiger partial charge < -0.3 is 19.7 Å². The van der Waals surface area contributed by atoms with Crippen LogP contribution in [0.3, 0.4) is 0 Å². The minimum Gasteiger partial charge on any atom is -0.477 e. The van der Waals surface area contributed by atoms with Crippen molar-refractivity contribution >= 4 is 40.5 Å². The number of para-hydroxylation sites is 1. The Hall–Kier alpha value is -3.07. The van der Waals surface area contributed by atoms with Crippen molar-refractivity contribution in [3.05, 3.63) is 87.4 Å². The van der Waals surface area contributed by atoms with Crippen molar-refractivity contribution < 1.29 is 19.4 Å². The number of carboxylic acid groups (broad SMARTS) is 1. The van der Waals surface area contributed by atoms with Crippen molar-refractivity contribution in [2.45, 2.75) is 0 Å². The molecule has 1 aromatic heterocycles. The Balaban J connectivity index is 1.76. The maximum absolute atomic E-state index is 12.3. The summed E-state index contributed by atoms with van der Waals surface area (Å²) in [6.45, 7) is 0. The Morgan fingerprint density at radius 1 is 1.07 bits per heavy atom. The maximum atomic E-state index is 12.3. The molecule has 0 aliphatic rings. The minimum atomic E-state index is -1.22. The van der Waals surface area contributed by atoms with E-state index < -0.39 is 11.9 Å². The van der Waals surface area contributed by atoms with Crippen molar-refractivity contribution in [3.8, 4) is 11.5 Å². The molecule has 0 atom stereocenters. The Kier molecular flexibility index (Phi) is 6.15. The molecule has 0 fully saturated rings. The van der Waals surface area contributed by atoms with Gasteiger partial charge >= 0.3 is 5.97 Å². The van der Waals surface area contributed by atoms with Gasteiger partial charge in [0.25, 0.3) is 5.91 Å². The van der Waals surface area contributed by atoms with Crippen molar-refractivity contribution in [1.29, 1.82) is 0 Å². The summed E-state index contributed by atoms with van der Waals surface area (Å²) < 4.78 is 8.43. The van der Waals surface area contributed by atoms with E-state index in [1.807, 2.05) is 24.3 Å². The number of halogens is 1. The number of rotatable bonds is 6. The summed E-state index contributed by atoms with van der Waals surface area (Å²) in [5.74, 6) is -0.333. The fourth-order valence-electron chi connectivity index (χ4n) is 2.49. The van der Waals surface area contributed by atoms with E-state index in [-0.39, 0.29) is 5.70 Å². The number of carboxylic acids is 1. The van der Waals surface area contributed by atoms with Crippen molar-refractivity contribution in [3.63, 3.8) is 0 Å². The lowest BCUT2D eigenvalue weighted by Gasteiger charge is -2.09. The van der Waals surface area contributed by atoms with Gasteiger partial charge in [0, 0.05) is 13.2 Å². The Labute approximate surface area is 175 Å². The summed E-state index contributed by atoms with van der Waals surface area (Å²) in [6.07, 6.45) is 3.12. The molecular weight excluding hydrogens is 471 g/mol. The van der Waals surface area contributed by atoms with Crippen LogP contribution in [0, 0.1) is 3.57 Å². The van der Waals surface area contributed by atoms with Gasteiger partial charge in [-0.15, -0.1) is 0 Å². The molecule has 2 aromatic carbocycles. The molecule has 1 amide bonds. The molecule has 0 aliphatic carbocycles. The highest BCUT2D eigenvalue weighted by atomic mass is 127. The molecule has 3 aromatic rings. The number of ether oxygens (including phenoxy) is 1. The van der Waals surface area contributed by atoms with E-state index in [1.165, 1.54) is 6.08 Å². The first-order valence-electron chi connectivity index (χ1n) is 8.34. The van der Waals surface area contributed by atoms with Crippen LogP contribution in [0.15, 0.2) is 72.6 Å². The van der Waals surface area contributed by atoms with Gasteiger partial charge in [-0.25, -0.2) is 4.79 Å². The first-order chi connectivity index (χ1) is 13.4. The lowest BCUT2D eigenvalue weighted by Crippen LogP contribution is -2.28. The van der Waals surface area contributed by atoms with E-state index in [0.717, 1.165) is 9.32 Å². The molecule has 0 saturated heterocycles. The zero-order chi connectivity index (χ0) is 20.1. The Morgan fingerprint density at radius 2 is 1.79 bits per heavy atom. The summed E-state index contributed by atoms with van der Waals surface area (Å²) in [5.41, 5.74) is 0.783. The fourth-order valence-corrected chi connectivity index (χ4v) is 2.99. The highest BCUT2D eigenvalue weighted by Crippen LogP contribution is 2.26. The summed E-state index contributed by atoms with van der Waals surface area (Å²) >= 11 is 2.19. The number of aryl methyl sites for hydroxylation is 1. The number of carbonyl (C=O) groups excluding carboxylic acids is 1. The molecule has 3 rings (SSSR count). The molecule has 7 heteroatoms. The molecular formula is C21H17IN2O4. The van der Waals surface area contributed by atoms with Gasteiger partial charge in [0.2, 0.25) is 0 Å². The van der Waals surface area contributed by atoms with E-state index >= 15 is 0 Å². The maximum Gasteiger partial charge on any atom is 0.352 e. The van der Waals surface area contributed by atoms with Crippen LogP contribution in [0.1, 0.15) is 16.1 Å². The lowest BCUT2D eigenvalue weighted by molar-refractivity contribution is -0.132. The van der Waals surface area contributed by atoms with Crippen LogP contribution < -0.4 is 10.1 Å². The molecule has 6 nitrogen and oxygen atoms in total. The average Bonchev–Trinajstić information content (AvgIpc) is 3.10. The molecule has 142 valence electrons. The molecule has 0 saturated carbocycles. The van der Waals surface area contributed by atoms with Gasteiger partial charge in [-0.1, -0.05) is 24.3 Å². The average molecular weight is 488 g/mol. The van der Waals surface area contributed by atoms with Crippen LogP contribution in [0.25, 0.3) is 6.08 Å². The van der Waals surface area contributed by atoms with Crippen LogP contribution in [-0.2, 0) is 11.8 Å². The largest absolute Gasteiger partial charge is 0.477 e. The van der Waals surface area contributed by atoms with Gasteiger partial charge in [0.1, 0.15) is 22.9 Å². The smallest absolute Gasteiger partial charge is 0.352 e. The van der Waals surface area contributed by atoms with Crippen molar-refractivity contribution in [1.82, 2.24) is 9.88 Å². The predicted octanol–water partition coefficient (Wildman–Crippen LogP) is 4.28. The molecule has 28 heavy (non-hydrogen) atoms. The van der Waals surface area contributed by atoms with Crippen LogP contribution in [0.5, 0.6) is 11.5 Å². The normalized spacial score (nSPS) is 11.1. The molecule has 2 N–H and O–H groups in total. The fraction of sp³-hybridized carbons (Fsp3) is 0.0476. The number of amides is 1. The van der Waals surface area contributed by atoms with Crippen molar-refractivity contribution in [2.24, 2.45) is 7.05 Å². The third-order valence-corrected chi connectivity index (χ3v) is 4.80. The predicted molar refractivity (Wildman–Crippen MR) is 114 cm³/mol. The van der Waals surface area contributed by atoms with Crippen LogP contribution in [-0.4, -0.2) is 21.6 Å². The standard InChI is InChI=1S/C21H17IN2O4/c1-24-12-4-6-18(24)20(25)23-17(21(26)27)13-14-8-10-15(11-9-14)28-19-7-3-2-5-16(19)22/h2-13H,1H3,(H,23,25)(H,26,27). The van der Waals surface area contributed by atoms with E-state index in [9.17, 15) is 14.7 Å². The van der Waals surface area contributed by atoms with Gasteiger partial charge in [-0.05, 0) is 70.6 Å². The number of nitrogens with zero attached hydrogens (tertiary/aromatic N) is 1.